The number of rotatable bonds is 3. The van der Waals surface area contributed by atoms with Gasteiger partial charge in [-0.25, -0.2) is 8.42 Å². The Morgan fingerprint density at radius 2 is 1.76 bits per heavy atom. The predicted octanol–water partition coefficient (Wildman–Crippen LogP) is 1.64. The van der Waals surface area contributed by atoms with Crippen molar-refractivity contribution >= 4 is 9.84 Å². The number of nitrogens with zero attached hydrogens (tertiary/aromatic N) is 1. The summed E-state index contributed by atoms with van der Waals surface area (Å²) >= 11 is 0. The van der Waals surface area contributed by atoms with Gasteiger partial charge in [0.25, 0.3) is 0 Å². The Hall–Kier alpha value is -1.38. The fourth-order valence-electron chi connectivity index (χ4n) is 1.41. The zero-order valence-corrected chi connectivity index (χ0v) is 11.0. The summed E-state index contributed by atoms with van der Waals surface area (Å²) in [6.07, 6.45) is 1.15. The van der Waals surface area contributed by atoms with E-state index < -0.39 is 21.3 Å². The number of benzene rings is 1. The third-order valence-corrected chi connectivity index (χ3v) is 3.86. The van der Waals surface area contributed by atoms with E-state index in [0.717, 1.165) is 11.8 Å². The molecule has 0 radical (unpaired) electrons. The third-order valence-electron chi connectivity index (χ3n) is 2.73. The molecule has 5 heteroatoms. The van der Waals surface area contributed by atoms with E-state index in [-0.39, 0.29) is 4.90 Å². The van der Waals surface area contributed by atoms with E-state index in [0.29, 0.717) is 0 Å². The molecule has 17 heavy (non-hydrogen) atoms. The first-order chi connectivity index (χ1) is 7.68. The van der Waals surface area contributed by atoms with E-state index in [9.17, 15) is 8.42 Å². The maximum absolute atomic E-state index is 11.3. The number of hydrogen-bond donors (Lipinski definition) is 1. The van der Waals surface area contributed by atoms with Crippen LogP contribution in [0.25, 0.3) is 0 Å². The van der Waals surface area contributed by atoms with E-state index in [2.05, 4.69) is 6.07 Å². The molecule has 1 aromatic carbocycles. The van der Waals surface area contributed by atoms with Crippen molar-refractivity contribution in [1.29, 1.82) is 5.26 Å². The molecule has 0 amide bonds. The zero-order chi connectivity index (χ0) is 13.3. The highest BCUT2D eigenvalue weighted by Crippen LogP contribution is 2.30. The van der Waals surface area contributed by atoms with Gasteiger partial charge in [-0.2, -0.15) is 5.26 Å². The van der Waals surface area contributed by atoms with Gasteiger partial charge < -0.3 is 5.73 Å². The molecule has 0 heterocycles. The van der Waals surface area contributed by atoms with E-state index >= 15 is 0 Å². The Morgan fingerprint density at radius 3 is 2.12 bits per heavy atom. The SMILES string of the molecule is CC(C)(C#N)C(N)c1ccc(S(C)(=O)=O)cc1. The maximum atomic E-state index is 11.3. The summed E-state index contributed by atoms with van der Waals surface area (Å²) in [6, 6.07) is 8.03. The topological polar surface area (TPSA) is 83.9 Å². The fourth-order valence-corrected chi connectivity index (χ4v) is 2.04. The quantitative estimate of drug-likeness (QED) is 0.886. The molecule has 1 atom stereocenters. The first-order valence-corrected chi connectivity index (χ1v) is 7.04. The van der Waals surface area contributed by atoms with Crippen LogP contribution in [0.5, 0.6) is 0 Å². The van der Waals surface area contributed by atoms with Gasteiger partial charge in [0.05, 0.1) is 16.4 Å². The first-order valence-electron chi connectivity index (χ1n) is 5.15. The van der Waals surface area contributed by atoms with Crippen molar-refractivity contribution in [2.75, 3.05) is 6.26 Å². The van der Waals surface area contributed by atoms with Crippen molar-refractivity contribution in [1.82, 2.24) is 0 Å². The van der Waals surface area contributed by atoms with Crippen molar-refractivity contribution in [3.05, 3.63) is 29.8 Å². The smallest absolute Gasteiger partial charge is 0.175 e. The van der Waals surface area contributed by atoms with Crippen LogP contribution in [-0.4, -0.2) is 14.7 Å². The van der Waals surface area contributed by atoms with Crippen LogP contribution in [0.15, 0.2) is 29.2 Å². The molecule has 0 aromatic heterocycles. The molecule has 0 bridgehead atoms. The summed E-state index contributed by atoms with van der Waals surface area (Å²) in [6.45, 7) is 3.50. The number of hydrogen-bond acceptors (Lipinski definition) is 4. The Morgan fingerprint density at radius 1 is 1.29 bits per heavy atom. The van der Waals surface area contributed by atoms with Gasteiger partial charge in [0.15, 0.2) is 9.84 Å². The number of nitrogens with two attached hydrogens (primary N) is 1. The lowest BCUT2D eigenvalue weighted by molar-refractivity contribution is 0.393. The van der Waals surface area contributed by atoms with Gasteiger partial charge in [-0.05, 0) is 31.5 Å². The van der Waals surface area contributed by atoms with Crippen molar-refractivity contribution < 1.29 is 8.42 Å². The van der Waals surface area contributed by atoms with Gasteiger partial charge in [-0.15, -0.1) is 0 Å². The Bertz CT molecular complexity index is 539. The minimum absolute atomic E-state index is 0.253. The lowest BCUT2D eigenvalue weighted by Crippen LogP contribution is -2.27. The van der Waals surface area contributed by atoms with Gasteiger partial charge in [0.1, 0.15) is 0 Å². The molecule has 0 saturated carbocycles. The van der Waals surface area contributed by atoms with Gasteiger partial charge in [-0.3, -0.25) is 0 Å². The highest BCUT2D eigenvalue weighted by atomic mass is 32.2. The normalized spacial score (nSPS) is 14.1. The number of nitriles is 1. The monoisotopic (exact) mass is 252 g/mol. The summed E-state index contributed by atoms with van der Waals surface area (Å²) < 4.78 is 22.6. The summed E-state index contributed by atoms with van der Waals surface area (Å²) in [7, 11) is -3.19. The molecule has 2 N–H and O–H groups in total. The van der Waals surface area contributed by atoms with Crippen molar-refractivity contribution in [3.8, 4) is 6.07 Å². The van der Waals surface area contributed by atoms with Crippen molar-refractivity contribution in [3.63, 3.8) is 0 Å². The molecule has 1 unspecified atom stereocenters. The second-order valence-electron chi connectivity index (χ2n) is 4.65. The van der Waals surface area contributed by atoms with Crippen molar-refractivity contribution in [2.45, 2.75) is 24.8 Å². The summed E-state index contributed by atoms with van der Waals surface area (Å²) in [5.74, 6) is 0. The van der Waals surface area contributed by atoms with Gasteiger partial charge in [0, 0.05) is 12.3 Å². The maximum Gasteiger partial charge on any atom is 0.175 e. The standard InChI is InChI=1S/C12H16N2O2S/c1-12(2,8-13)11(14)9-4-6-10(7-5-9)17(3,15)16/h4-7,11H,14H2,1-3H3. The molecule has 0 saturated heterocycles. The van der Waals surface area contributed by atoms with Crippen LogP contribution in [0, 0.1) is 16.7 Å². The molecule has 1 rings (SSSR count). The van der Waals surface area contributed by atoms with Crippen LogP contribution < -0.4 is 5.73 Å². The Labute approximate surface area is 102 Å². The summed E-state index contributed by atoms with van der Waals surface area (Å²) in [4.78, 5) is 0.253. The largest absolute Gasteiger partial charge is 0.323 e. The lowest BCUT2D eigenvalue weighted by Gasteiger charge is -2.24. The fraction of sp³-hybridized carbons (Fsp3) is 0.417. The molecule has 1 aromatic rings. The zero-order valence-electron chi connectivity index (χ0n) is 10.1. The molecule has 92 valence electrons. The number of sulfone groups is 1. The van der Waals surface area contributed by atoms with Gasteiger partial charge >= 0.3 is 0 Å². The third kappa shape index (κ3) is 3.05. The second kappa shape index (κ2) is 4.47. The highest BCUT2D eigenvalue weighted by molar-refractivity contribution is 7.90. The van der Waals surface area contributed by atoms with Crippen LogP contribution in [-0.2, 0) is 9.84 Å². The summed E-state index contributed by atoms with van der Waals surface area (Å²) in [5, 5.41) is 8.98. The molecule has 4 nitrogen and oxygen atoms in total. The average Bonchev–Trinajstić information content (AvgIpc) is 2.27. The van der Waals surface area contributed by atoms with Crippen LogP contribution in [0.3, 0.4) is 0 Å². The van der Waals surface area contributed by atoms with Gasteiger partial charge in [-0.1, -0.05) is 12.1 Å². The second-order valence-corrected chi connectivity index (χ2v) is 6.67. The minimum Gasteiger partial charge on any atom is -0.323 e. The summed E-state index contributed by atoms with van der Waals surface area (Å²) in [5.41, 5.74) is 6.04. The average molecular weight is 252 g/mol. The Kier molecular flexibility index (Phi) is 3.60. The molecule has 0 spiro atoms. The molecule has 0 fully saturated rings. The highest BCUT2D eigenvalue weighted by Gasteiger charge is 2.27. The lowest BCUT2D eigenvalue weighted by atomic mass is 9.82. The molecule has 0 aliphatic carbocycles. The van der Waals surface area contributed by atoms with E-state index in [1.165, 1.54) is 12.1 Å². The van der Waals surface area contributed by atoms with Crippen LogP contribution in [0.2, 0.25) is 0 Å². The Balaban J connectivity index is 3.09. The molecular weight excluding hydrogens is 236 g/mol. The van der Waals surface area contributed by atoms with Crippen molar-refractivity contribution in [2.24, 2.45) is 11.1 Å². The molecular formula is C12H16N2O2S. The van der Waals surface area contributed by atoms with E-state index in [4.69, 9.17) is 11.0 Å². The van der Waals surface area contributed by atoms with Crippen LogP contribution in [0.4, 0.5) is 0 Å². The predicted molar refractivity (Wildman–Crippen MR) is 65.9 cm³/mol. The van der Waals surface area contributed by atoms with Crippen LogP contribution in [0.1, 0.15) is 25.5 Å². The van der Waals surface area contributed by atoms with Crippen LogP contribution >= 0.6 is 0 Å². The van der Waals surface area contributed by atoms with Gasteiger partial charge in [0.2, 0.25) is 0 Å². The molecule has 0 aliphatic heterocycles. The molecule has 0 aliphatic rings. The van der Waals surface area contributed by atoms with E-state index in [1.807, 2.05) is 0 Å². The first kappa shape index (κ1) is 13.7. The van der Waals surface area contributed by atoms with E-state index in [1.54, 1.807) is 26.0 Å². The minimum atomic E-state index is -3.19.